The molecule has 0 saturated heterocycles. The highest BCUT2D eigenvalue weighted by Gasteiger charge is 2.40. The Bertz CT molecular complexity index is 1210. The van der Waals surface area contributed by atoms with E-state index in [1.54, 1.807) is 19.1 Å². The van der Waals surface area contributed by atoms with E-state index >= 15 is 0 Å². The summed E-state index contributed by atoms with van der Waals surface area (Å²) >= 11 is 0. The summed E-state index contributed by atoms with van der Waals surface area (Å²) in [4.78, 5) is 40.2. The van der Waals surface area contributed by atoms with Gasteiger partial charge in [0, 0.05) is 25.6 Å². The topological polar surface area (TPSA) is 104 Å². The van der Waals surface area contributed by atoms with Crippen LogP contribution in [-0.4, -0.2) is 54.0 Å². The first-order chi connectivity index (χ1) is 16.6. The fourth-order valence-electron chi connectivity index (χ4n) is 4.03. The Morgan fingerprint density at radius 1 is 1.09 bits per heavy atom. The van der Waals surface area contributed by atoms with Gasteiger partial charge in [-0.3, -0.25) is 14.4 Å². The number of sulfonamides is 1. The van der Waals surface area contributed by atoms with E-state index in [4.69, 9.17) is 0 Å². The average molecular weight is 500 g/mol. The van der Waals surface area contributed by atoms with Crippen LogP contribution in [0.4, 0.5) is 0 Å². The van der Waals surface area contributed by atoms with Gasteiger partial charge in [-0.1, -0.05) is 48.9 Å². The molecule has 1 aliphatic heterocycles. The summed E-state index contributed by atoms with van der Waals surface area (Å²) in [6, 6.07) is 13.1. The molecule has 0 aliphatic carbocycles. The van der Waals surface area contributed by atoms with Gasteiger partial charge in [-0.15, -0.1) is 0 Å². The molecule has 0 spiro atoms. The summed E-state index contributed by atoms with van der Waals surface area (Å²) in [6.45, 7) is 7.67. The predicted octanol–water partition coefficient (Wildman–Crippen LogP) is 3.25. The molecule has 9 heteroatoms. The summed E-state index contributed by atoms with van der Waals surface area (Å²) in [5.74, 6) is -1.10. The summed E-state index contributed by atoms with van der Waals surface area (Å²) in [7, 11) is -3.92. The van der Waals surface area contributed by atoms with Crippen LogP contribution >= 0.6 is 0 Å². The Hall–Kier alpha value is -3.20. The molecule has 1 aliphatic rings. The van der Waals surface area contributed by atoms with Crippen LogP contribution in [-0.2, 0) is 26.2 Å². The van der Waals surface area contributed by atoms with Crippen molar-refractivity contribution in [3.05, 3.63) is 65.2 Å². The van der Waals surface area contributed by atoms with E-state index in [1.807, 2.05) is 45.0 Å². The van der Waals surface area contributed by atoms with Crippen molar-refractivity contribution < 1.29 is 22.8 Å². The van der Waals surface area contributed by atoms with Crippen LogP contribution in [0.25, 0.3) is 0 Å². The van der Waals surface area contributed by atoms with Crippen molar-refractivity contribution in [2.45, 2.75) is 70.5 Å². The van der Waals surface area contributed by atoms with Gasteiger partial charge in [-0.2, -0.15) is 0 Å². The first-order valence-electron chi connectivity index (χ1n) is 11.9. The second kappa shape index (κ2) is 11.0. The molecule has 1 heterocycles. The number of nitrogens with one attached hydrogen (secondary N) is 1. The fourth-order valence-corrected chi connectivity index (χ4v) is 5.63. The number of carbonyl (C=O) groups is 3. The SMILES string of the molecule is CC[C@@H](C)NC(=O)[C@@H](C)N(Cc1cccc(C)c1)C(=O)CCCN1C(=O)c2ccccc2S1(=O)=O. The highest BCUT2D eigenvalue weighted by molar-refractivity contribution is 7.90. The summed E-state index contributed by atoms with van der Waals surface area (Å²) < 4.78 is 26.4. The second-order valence-corrected chi connectivity index (χ2v) is 10.8. The van der Waals surface area contributed by atoms with E-state index in [1.165, 1.54) is 17.0 Å². The van der Waals surface area contributed by atoms with Crippen molar-refractivity contribution in [1.82, 2.24) is 14.5 Å². The number of nitrogens with zero attached hydrogens (tertiary/aromatic N) is 2. The number of hydrogen-bond donors (Lipinski definition) is 1. The molecule has 3 rings (SSSR count). The van der Waals surface area contributed by atoms with Gasteiger partial charge < -0.3 is 10.2 Å². The van der Waals surface area contributed by atoms with E-state index in [0.717, 1.165) is 21.9 Å². The zero-order chi connectivity index (χ0) is 25.8. The third kappa shape index (κ3) is 5.90. The lowest BCUT2D eigenvalue weighted by molar-refractivity contribution is -0.141. The molecule has 188 valence electrons. The Balaban J connectivity index is 1.71. The Labute approximate surface area is 207 Å². The van der Waals surface area contributed by atoms with Crippen LogP contribution in [0, 0.1) is 6.92 Å². The van der Waals surface area contributed by atoms with Gasteiger partial charge in [0.15, 0.2) is 0 Å². The van der Waals surface area contributed by atoms with E-state index in [0.29, 0.717) is 0 Å². The number of amides is 3. The molecule has 1 N–H and O–H groups in total. The van der Waals surface area contributed by atoms with Crippen LogP contribution < -0.4 is 5.32 Å². The molecule has 2 aromatic carbocycles. The van der Waals surface area contributed by atoms with E-state index in [-0.39, 0.29) is 54.2 Å². The van der Waals surface area contributed by atoms with E-state index in [9.17, 15) is 22.8 Å². The van der Waals surface area contributed by atoms with Gasteiger partial charge in [0.05, 0.1) is 5.56 Å². The molecule has 0 radical (unpaired) electrons. The minimum Gasteiger partial charge on any atom is -0.352 e. The molecule has 2 aromatic rings. The minimum atomic E-state index is -3.92. The molecule has 35 heavy (non-hydrogen) atoms. The Morgan fingerprint density at radius 3 is 2.46 bits per heavy atom. The predicted molar refractivity (Wildman–Crippen MR) is 133 cm³/mol. The van der Waals surface area contributed by atoms with Crippen molar-refractivity contribution in [3.8, 4) is 0 Å². The van der Waals surface area contributed by atoms with E-state index < -0.39 is 22.0 Å². The highest BCUT2D eigenvalue weighted by atomic mass is 32.2. The molecule has 0 aromatic heterocycles. The van der Waals surface area contributed by atoms with Crippen molar-refractivity contribution in [1.29, 1.82) is 0 Å². The average Bonchev–Trinajstić information content (AvgIpc) is 3.02. The normalized spacial score (nSPS) is 15.9. The Morgan fingerprint density at radius 2 is 1.80 bits per heavy atom. The van der Waals surface area contributed by atoms with E-state index in [2.05, 4.69) is 5.32 Å². The molecular formula is C26H33N3O5S. The Kier molecular flexibility index (Phi) is 8.32. The van der Waals surface area contributed by atoms with Gasteiger partial charge in [0.2, 0.25) is 11.8 Å². The lowest BCUT2D eigenvalue weighted by Crippen LogP contribution is -2.49. The first-order valence-corrected chi connectivity index (χ1v) is 13.3. The van der Waals surface area contributed by atoms with Crippen LogP contribution in [0.15, 0.2) is 53.4 Å². The maximum atomic E-state index is 13.3. The van der Waals surface area contributed by atoms with Crippen molar-refractivity contribution in [2.24, 2.45) is 0 Å². The third-order valence-corrected chi connectivity index (χ3v) is 8.11. The number of aryl methyl sites for hydroxylation is 1. The van der Waals surface area contributed by atoms with Gasteiger partial charge in [0.1, 0.15) is 10.9 Å². The minimum absolute atomic E-state index is 0.00239. The second-order valence-electron chi connectivity index (χ2n) is 8.99. The molecule has 0 fully saturated rings. The standard InChI is InChI=1S/C26H33N3O5S/c1-5-19(3)27-25(31)20(4)28(17-21-11-8-10-18(2)16-21)24(30)14-9-15-29-26(32)22-12-6-7-13-23(22)35(29,33)34/h6-8,10-13,16,19-20H,5,9,14-15,17H2,1-4H3,(H,27,31)/t19-,20-/m1/s1. The maximum Gasteiger partial charge on any atom is 0.269 e. The number of fused-ring (bicyclic) bond motifs is 1. The van der Waals surface area contributed by atoms with Gasteiger partial charge in [0.25, 0.3) is 15.9 Å². The zero-order valence-corrected chi connectivity index (χ0v) is 21.5. The smallest absolute Gasteiger partial charge is 0.269 e. The van der Waals surface area contributed by atoms with Crippen LogP contribution in [0.3, 0.4) is 0 Å². The van der Waals surface area contributed by atoms with Crippen LogP contribution in [0.2, 0.25) is 0 Å². The van der Waals surface area contributed by atoms with Gasteiger partial charge in [-0.05, 0) is 51.3 Å². The quantitative estimate of drug-likeness (QED) is 0.540. The lowest BCUT2D eigenvalue weighted by atomic mass is 10.1. The lowest BCUT2D eigenvalue weighted by Gasteiger charge is -2.30. The summed E-state index contributed by atoms with van der Waals surface area (Å²) in [6.07, 6.45) is 0.926. The summed E-state index contributed by atoms with van der Waals surface area (Å²) in [5, 5.41) is 2.92. The molecule has 0 bridgehead atoms. The summed E-state index contributed by atoms with van der Waals surface area (Å²) in [5.41, 5.74) is 2.09. The third-order valence-electron chi connectivity index (χ3n) is 6.27. The monoisotopic (exact) mass is 499 g/mol. The molecule has 0 saturated carbocycles. The number of benzene rings is 2. The molecule has 0 unspecified atom stereocenters. The molecule has 2 atom stereocenters. The zero-order valence-electron chi connectivity index (χ0n) is 20.7. The van der Waals surface area contributed by atoms with Crippen molar-refractivity contribution in [2.75, 3.05) is 6.54 Å². The molecule has 3 amide bonds. The van der Waals surface area contributed by atoms with Crippen LogP contribution in [0.5, 0.6) is 0 Å². The highest BCUT2D eigenvalue weighted by Crippen LogP contribution is 2.30. The maximum absolute atomic E-state index is 13.3. The van der Waals surface area contributed by atoms with Gasteiger partial charge >= 0.3 is 0 Å². The fraction of sp³-hybridized carbons (Fsp3) is 0.423. The number of carbonyl (C=O) groups excluding carboxylic acids is 3. The van der Waals surface area contributed by atoms with Crippen LogP contribution in [0.1, 0.15) is 61.5 Å². The van der Waals surface area contributed by atoms with Gasteiger partial charge in [-0.25, -0.2) is 12.7 Å². The van der Waals surface area contributed by atoms with Crippen molar-refractivity contribution >= 4 is 27.7 Å². The first kappa shape index (κ1) is 26.4. The number of hydrogen-bond acceptors (Lipinski definition) is 5. The molecule has 8 nitrogen and oxygen atoms in total. The molecular weight excluding hydrogens is 466 g/mol. The largest absolute Gasteiger partial charge is 0.352 e. The van der Waals surface area contributed by atoms with Crippen molar-refractivity contribution in [3.63, 3.8) is 0 Å². The number of rotatable bonds is 10.